The van der Waals surface area contributed by atoms with Crippen LogP contribution in [-0.4, -0.2) is 73.4 Å². The van der Waals surface area contributed by atoms with Crippen LogP contribution in [0.4, 0.5) is 0 Å². The number of nitrogens with one attached hydrogen (secondary N) is 1. The molecule has 0 bridgehead atoms. The van der Waals surface area contributed by atoms with Gasteiger partial charge in [-0.2, -0.15) is 0 Å². The highest BCUT2D eigenvalue weighted by Gasteiger charge is 2.45. The summed E-state index contributed by atoms with van der Waals surface area (Å²) in [6.45, 7) is 0.501. The van der Waals surface area contributed by atoms with Gasteiger partial charge in [-0.3, -0.25) is 14.4 Å². The first-order valence-electron chi connectivity index (χ1n) is 11.0. The van der Waals surface area contributed by atoms with E-state index >= 15 is 0 Å². The van der Waals surface area contributed by atoms with Crippen molar-refractivity contribution in [1.29, 1.82) is 0 Å². The maximum atomic E-state index is 13.0. The molecular weight excluding hydrogens is 418 g/mol. The van der Waals surface area contributed by atoms with Crippen LogP contribution in [0, 0.1) is 5.92 Å². The highest BCUT2D eigenvalue weighted by molar-refractivity contribution is 7.92. The summed E-state index contributed by atoms with van der Waals surface area (Å²) < 4.78 is 25.1. The first-order valence-corrected chi connectivity index (χ1v) is 12.7. The van der Waals surface area contributed by atoms with E-state index in [1.54, 1.807) is 23.1 Å². The Balaban J connectivity index is 1.38. The van der Waals surface area contributed by atoms with Crippen molar-refractivity contribution >= 4 is 27.6 Å². The first kappa shape index (κ1) is 21.8. The van der Waals surface area contributed by atoms with E-state index in [-0.39, 0.29) is 36.3 Å². The molecule has 4 rings (SSSR count). The second-order valence-electron chi connectivity index (χ2n) is 8.76. The largest absolute Gasteiger partial charge is 0.342 e. The molecule has 0 radical (unpaired) electrons. The molecule has 0 spiro atoms. The molecule has 1 aromatic carbocycles. The van der Waals surface area contributed by atoms with E-state index in [0.717, 1.165) is 12.8 Å². The Labute approximate surface area is 182 Å². The van der Waals surface area contributed by atoms with Gasteiger partial charge < -0.3 is 15.1 Å². The lowest BCUT2D eigenvalue weighted by atomic mass is 9.84. The normalized spacial score (nSPS) is 25.2. The molecule has 9 heteroatoms. The highest BCUT2D eigenvalue weighted by Crippen LogP contribution is 2.29. The zero-order chi connectivity index (χ0) is 22.0. The molecule has 2 saturated heterocycles. The second kappa shape index (κ2) is 8.98. The number of piperazine rings is 2. The number of benzene rings is 1. The molecule has 1 aromatic rings. The van der Waals surface area contributed by atoms with Crippen molar-refractivity contribution in [2.24, 2.45) is 5.92 Å². The quantitative estimate of drug-likeness (QED) is 0.724. The average Bonchev–Trinajstić information content (AvgIpc) is 2.78. The molecule has 0 aromatic heterocycles. The van der Waals surface area contributed by atoms with E-state index in [0.29, 0.717) is 12.3 Å². The Bertz CT molecular complexity index is 943. The minimum atomic E-state index is -3.76. The maximum absolute atomic E-state index is 13.0. The minimum absolute atomic E-state index is 0.0247. The van der Waals surface area contributed by atoms with E-state index in [1.807, 2.05) is 0 Å². The third-order valence-corrected chi connectivity index (χ3v) is 8.26. The molecule has 2 atom stereocenters. The summed E-state index contributed by atoms with van der Waals surface area (Å²) in [6.07, 6.45) is 6.46. The van der Waals surface area contributed by atoms with Crippen molar-refractivity contribution < 1.29 is 22.8 Å². The average molecular weight is 448 g/mol. The summed E-state index contributed by atoms with van der Waals surface area (Å²) in [5.41, 5.74) is 0. The summed E-state index contributed by atoms with van der Waals surface area (Å²) in [4.78, 5) is 41.5. The Hall–Kier alpha value is -2.42. The van der Waals surface area contributed by atoms with Gasteiger partial charge in [0.15, 0.2) is 9.84 Å². The molecular formula is C22H29N3O5S. The Kier molecular flexibility index (Phi) is 6.31. The molecule has 1 aliphatic carbocycles. The summed E-state index contributed by atoms with van der Waals surface area (Å²) in [5, 5.41) is 2.86. The van der Waals surface area contributed by atoms with Crippen molar-refractivity contribution in [2.75, 3.05) is 25.4 Å². The van der Waals surface area contributed by atoms with Gasteiger partial charge in [-0.15, -0.1) is 0 Å². The van der Waals surface area contributed by atoms with E-state index in [2.05, 4.69) is 5.32 Å². The third-order valence-electron chi connectivity index (χ3n) is 6.64. The third kappa shape index (κ3) is 4.76. The van der Waals surface area contributed by atoms with Gasteiger partial charge in [0.25, 0.3) is 0 Å². The lowest BCUT2D eigenvalue weighted by molar-refractivity contribution is -0.155. The molecule has 31 heavy (non-hydrogen) atoms. The van der Waals surface area contributed by atoms with Crippen LogP contribution in [-0.2, 0) is 24.2 Å². The van der Waals surface area contributed by atoms with Gasteiger partial charge in [0.1, 0.15) is 17.8 Å². The fraction of sp³-hybridized carbons (Fsp3) is 0.591. The number of amides is 3. The van der Waals surface area contributed by atoms with Crippen LogP contribution >= 0.6 is 0 Å². The van der Waals surface area contributed by atoms with Gasteiger partial charge in [0, 0.05) is 13.1 Å². The van der Waals surface area contributed by atoms with Gasteiger partial charge in [-0.25, -0.2) is 8.42 Å². The molecule has 3 amide bonds. The van der Waals surface area contributed by atoms with Crippen molar-refractivity contribution in [3.8, 4) is 0 Å². The van der Waals surface area contributed by atoms with Crippen LogP contribution < -0.4 is 5.32 Å². The fourth-order valence-electron chi connectivity index (χ4n) is 4.91. The number of nitrogens with zero attached hydrogens (tertiary/aromatic N) is 2. The van der Waals surface area contributed by atoms with Crippen molar-refractivity contribution in [3.63, 3.8) is 0 Å². The number of hydrogen-bond acceptors (Lipinski definition) is 5. The molecule has 2 heterocycles. The first-order chi connectivity index (χ1) is 14.8. The van der Waals surface area contributed by atoms with Crippen LogP contribution in [0.25, 0.3) is 0 Å². The topological polar surface area (TPSA) is 104 Å². The van der Waals surface area contributed by atoms with E-state index in [1.165, 1.54) is 36.3 Å². The molecule has 1 N–H and O–H groups in total. The van der Waals surface area contributed by atoms with Crippen LogP contribution in [0.3, 0.4) is 0 Å². The van der Waals surface area contributed by atoms with E-state index in [9.17, 15) is 22.8 Å². The van der Waals surface area contributed by atoms with Crippen molar-refractivity contribution in [3.05, 3.63) is 30.3 Å². The van der Waals surface area contributed by atoms with Gasteiger partial charge in [0.05, 0.1) is 11.4 Å². The Morgan fingerprint density at radius 3 is 2.45 bits per heavy atom. The zero-order valence-electron chi connectivity index (χ0n) is 17.5. The summed E-state index contributed by atoms with van der Waals surface area (Å²) in [7, 11) is -3.76. The van der Waals surface area contributed by atoms with Crippen LogP contribution in [0.1, 0.15) is 38.5 Å². The van der Waals surface area contributed by atoms with Gasteiger partial charge in [-0.05, 0) is 24.5 Å². The predicted octanol–water partition coefficient (Wildman–Crippen LogP) is 0.969. The van der Waals surface area contributed by atoms with E-state index < -0.39 is 33.6 Å². The maximum Gasteiger partial charge on any atom is 0.245 e. The minimum Gasteiger partial charge on any atom is -0.342 e. The Morgan fingerprint density at radius 1 is 1.03 bits per heavy atom. The smallest absolute Gasteiger partial charge is 0.245 e. The van der Waals surface area contributed by atoms with Crippen molar-refractivity contribution in [2.45, 2.75) is 55.5 Å². The lowest BCUT2D eigenvalue weighted by Gasteiger charge is -2.45. The number of carbonyl (C=O) groups excluding carboxylic acids is 3. The summed E-state index contributed by atoms with van der Waals surface area (Å²) >= 11 is 0. The molecule has 168 valence electrons. The lowest BCUT2D eigenvalue weighted by Crippen LogP contribution is -2.70. The van der Waals surface area contributed by atoms with E-state index in [4.69, 9.17) is 0 Å². The number of hydrogen-bond donors (Lipinski definition) is 1. The fourth-order valence-corrected chi connectivity index (χ4v) is 6.15. The molecule has 2 aliphatic heterocycles. The van der Waals surface area contributed by atoms with Crippen LogP contribution in [0.5, 0.6) is 0 Å². The number of carbonyl (C=O) groups is 3. The predicted molar refractivity (Wildman–Crippen MR) is 114 cm³/mol. The molecule has 1 saturated carbocycles. The molecule has 8 nitrogen and oxygen atoms in total. The number of rotatable bonds is 5. The standard InChI is InChI=1S/C22H29N3O5S/c26-20(15-31(29,30)17-9-5-2-6-10-17)24-11-12-25-19(14-24)21(27)23-18(22(25)28)13-16-7-3-1-4-8-16/h2,5-6,9-10,16,18-19H,1,3-4,7-8,11-15H2,(H,23,27). The van der Waals surface area contributed by atoms with Crippen LogP contribution in [0.2, 0.25) is 0 Å². The monoisotopic (exact) mass is 447 g/mol. The van der Waals surface area contributed by atoms with Gasteiger partial charge >= 0.3 is 0 Å². The second-order valence-corrected chi connectivity index (χ2v) is 10.7. The highest BCUT2D eigenvalue weighted by atomic mass is 32.2. The number of fused-ring (bicyclic) bond motifs is 1. The summed E-state index contributed by atoms with van der Waals surface area (Å²) in [5.74, 6) is -1.08. The van der Waals surface area contributed by atoms with Crippen LogP contribution in [0.15, 0.2) is 35.2 Å². The number of sulfone groups is 1. The Morgan fingerprint density at radius 2 is 1.74 bits per heavy atom. The molecule has 3 aliphatic rings. The van der Waals surface area contributed by atoms with Gasteiger partial charge in [-0.1, -0.05) is 50.3 Å². The SMILES string of the molecule is O=C1NC(CC2CCCCC2)C(=O)N2CCN(C(=O)CS(=O)(=O)c3ccccc3)CC12. The van der Waals surface area contributed by atoms with Gasteiger partial charge in [0.2, 0.25) is 17.7 Å². The van der Waals surface area contributed by atoms with Crippen molar-refractivity contribution in [1.82, 2.24) is 15.1 Å². The summed E-state index contributed by atoms with van der Waals surface area (Å²) in [6, 6.07) is 6.59. The molecule has 2 unspecified atom stereocenters. The molecule has 3 fully saturated rings. The zero-order valence-corrected chi connectivity index (χ0v) is 18.4.